The van der Waals surface area contributed by atoms with Crippen LogP contribution in [-0.2, 0) is 6.54 Å². The Bertz CT molecular complexity index is 1340. The van der Waals surface area contributed by atoms with Crippen molar-refractivity contribution in [2.75, 3.05) is 18.0 Å². The zero-order chi connectivity index (χ0) is 25.9. The molecule has 2 aromatic carbocycles. The molecule has 0 spiro atoms. The molecule has 4 aromatic rings. The highest BCUT2D eigenvalue weighted by molar-refractivity contribution is 7.80. The molecule has 0 radical (unpaired) electrons. The standard InChI is InChI=1S/C31H35N5S/c1-5-34(6-2)25-15-17-26(18-16-25)36-22(3)20-27(23(36)4)30-29(28-14-10-11-19-32-28)33-31(37)35(30)21-24-12-8-7-9-13-24/h7-20,29-30H,5-6,21H2,1-4H3,(H,33,37)/t29-,30-/m0/s1. The van der Waals surface area contributed by atoms with Gasteiger partial charge in [0.05, 0.1) is 17.8 Å². The van der Waals surface area contributed by atoms with Crippen molar-refractivity contribution in [3.8, 4) is 5.69 Å². The second-order valence-electron chi connectivity index (χ2n) is 9.59. The monoisotopic (exact) mass is 509 g/mol. The van der Waals surface area contributed by atoms with Crippen LogP contribution in [0.1, 0.15) is 54.1 Å². The molecule has 3 heterocycles. The number of nitrogens with one attached hydrogen (secondary N) is 1. The van der Waals surface area contributed by atoms with Gasteiger partial charge in [0, 0.05) is 48.6 Å². The Hall–Kier alpha value is -3.64. The van der Waals surface area contributed by atoms with Gasteiger partial charge in [0.1, 0.15) is 0 Å². The third-order valence-electron chi connectivity index (χ3n) is 7.42. The predicted octanol–water partition coefficient (Wildman–Crippen LogP) is 6.51. The molecular formula is C31H35N5S. The van der Waals surface area contributed by atoms with Crippen LogP contribution < -0.4 is 10.2 Å². The normalized spacial score (nSPS) is 17.2. The van der Waals surface area contributed by atoms with E-state index < -0.39 is 0 Å². The van der Waals surface area contributed by atoms with E-state index in [1.165, 1.54) is 33.9 Å². The minimum atomic E-state index is -0.0311. The molecule has 1 fully saturated rings. The van der Waals surface area contributed by atoms with Gasteiger partial charge >= 0.3 is 0 Å². The Kier molecular flexibility index (Phi) is 7.28. The molecule has 1 N–H and O–H groups in total. The lowest BCUT2D eigenvalue weighted by molar-refractivity contribution is 0.310. The number of benzene rings is 2. The first kappa shape index (κ1) is 25.0. The molecule has 0 bridgehead atoms. The lowest BCUT2D eigenvalue weighted by atomic mass is 9.96. The first-order valence-corrected chi connectivity index (χ1v) is 13.5. The van der Waals surface area contributed by atoms with E-state index in [0.29, 0.717) is 0 Å². The summed E-state index contributed by atoms with van der Waals surface area (Å²) >= 11 is 5.91. The van der Waals surface area contributed by atoms with Crippen LogP contribution in [0, 0.1) is 13.8 Å². The van der Waals surface area contributed by atoms with Crippen LogP contribution in [0.25, 0.3) is 5.69 Å². The third kappa shape index (κ3) is 4.86. The van der Waals surface area contributed by atoms with Gasteiger partial charge in [-0.3, -0.25) is 4.98 Å². The van der Waals surface area contributed by atoms with Crippen LogP contribution >= 0.6 is 12.2 Å². The van der Waals surface area contributed by atoms with E-state index >= 15 is 0 Å². The highest BCUT2D eigenvalue weighted by Gasteiger charge is 2.41. The minimum Gasteiger partial charge on any atom is -0.372 e. The van der Waals surface area contributed by atoms with Gasteiger partial charge in [-0.05, 0) is 93.5 Å². The van der Waals surface area contributed by atoms with Crippen molar-refractivity contribution in [1.29, 1.82) is 0 Å². The van der Waals surface area contributed by atoms with Crippen molar-refractivity contribution in [2.24, 2.45) is 0 Å². The number of nitrogens with zero attached hydrogens (tertiary/aromatic N) is 4. The summed E-state index contributed by atoms with van der Waals surface area (Å²) in [5.74, 6) is 0. The average Bonchev–Trinajstić information content (AvgIpc) is 3.40. The van der Waals surface area contributed by atoms with E-state index in [4.69, 9.17) is 17.2 Å². The molecule has 37 heavy (non-hydrogen) atoms. The number of thiocarbonyl (C=S) groups is 1. The lowest BCUT2D eigenvalue weighted by Gasteiger charge is -2.28. The van der Waals surface area contributed by atoms with E-state index in [0.717, 1.165) is 30.4 Å². The predicted molar refractivity (Wildman–Crippen MR) is 156 cm³/mol. The van der Waals surface area contributed by atoms with Crippen LogP contribution in [-0.4, -0.2) is 32.7 Å². The summed E-state index contributed by atoms with van der Waals surface area (Å²) in [6.45, 7) is 11.5. The van der Waals surface area contributed by atoms with Gasteiger partial charge in [-0.15, -0.1) is 0 Å². The Morgan fingerprint density at radius 1 is 0.919 bits per heavy atom. The van der Waals surface area contributed by atoms with Gasteiger partial charge in [0.25, 0.3) is 0 Å². The van der Waals surface area contributed by atoms with Crippen LogP contribution in [0.3, 0.4) is 0 Å². The number of anilines is 1. The number of pyridine rings is 1. The van der Waals surface area contributed by atoms with Gasteiger partial charge in [-0.2, -0.15) is 0 Å². The first-order chi connectivity index (χ1) is 18.0. The minimum absolute atomic E-state index is 0.0255. The zero-order valence-corrected chi connectivity index (χ0v) is 22.9. The molecule has 5 nitrogen and oxygen atoms in total. The van der Waals surface area contributed by atoms with Crippen molar-refractivity contribution in [3.63, 3.8) is 0 Å². The Morgan fingerprint density at radius 3 is 2.27 bits per heavy atom. The van der Waals surface area contributed by atoms with Crippen LogP contribution in [0.15, 0.2) is 85.1 Å². The van der Waals surface area contributed by atoms with Crippen molar-refractivity contribution < 1.29 is 0 Å². The van der Waals surface area contributed by atoms with Gasteiger partial charge in [0.15, 0.2) is 5.11 Å². The largest absolute Gasteiger partial charge is 0.372 e. The highest BCUT2D eigenvalue weighted by atomic mass is 32.1. The summed E-state index contributed by atoms with van der Waals surface area (Å²) in [4.78, 5) is 9.40. The molecule has 1 aliphatic rings. The Morgan fingerprint density at radius 2 is 1.62 bits per heavy atom. The van der Waals surface area contributed by atoms with Crippen LogP contribution in [0.5, 0.6) is 0 Å². The number of aromatic nitrogens is 2. The molecule has 6 heteroatoms. The fourth-order valence-electron chi connectivity index (χ4n) is 5.58. The number of hydrogen-bond donors (Lipinski definition) is 1. The molecule has 0 aliphatic carbocycles. The van der Waals surface area contributed by atoms with E-state index in [1.54, 1.807) is 0 Å². The maximum absolute atomic E-state index is 5.91. The summed E-state index contributed by atoms with van der Waals surface area (Å²) in [6.07, 6.45) is 1.86. The quantitative estimate of drug-likeness (QED) is 0.274. The molecular weight excluding hydrogens is 474 g/mol. The van der Waals surface area contributed by atoms with E-state index in [9.17, 15) is 0 Å². The van der Waals surface area contributed by atoms with E-state index in [2.05, 4.69) is 114 Å². The topological polar surface area (TPSA) is 36.3 Å². The van der Waals surface area contributed by atoms with Crippen molar-refractivity contribution in [2.45, 2.75) is 46.3 Å². The average molecular weight is 510 g/mol. The second kappa shape index (κ2) is 10.8. The van der Waals surface area contributed by atoms with E-state index in [1.807, 2.05) is 18.3 Å². The third-order valence-corrected chi connectivity index (χ3v) is 7.77. The molecule has 0 amide bonds. The van der Waals surface area contributed by atoms with Gasteiger partial charge in [0.2, 0.25) is 0 Å². The maximum Gasteiger partial charge on any atom is 0.170 e. The summed E-state index contributed by atoms with van der Waals surface area (Å²) in [5, 5.41) is 4.36. The van der Waals surface area contributed by atoms with Gasteiger partial charge < -0.3 is 19.7 Å². The van der Waals surface area contributed by atoms with Crippen molar-refractivity contribution in [1.82, 2.24) is 19.8 Å². The summed E-state index contributed by atoms with van der Waals surface area (Å²) in [7, 11) is 0. The fourth-order valence-corrected chi connectivity index (χ4v) is 5.89. The molecule has 2 aromatic heterocycles. The van der Waals surface area contributed by atoms with Crippen molar-refractivity contribution >= 4 is 23.0 Å². The van der Waals surface area contributed by atoms with Crippen LogP contribution in [0.2, 0.25) is 0 Å². The van der Waals surface area contributed by atoms with Gasteiger partial charge in [-0.25, -0.2) is 0 Å². The second-order valence-corrected chi connectivity index (χ2v) is 9.98. The number of hydrogen-bond acceptors (Lipinski definition) is 3. The molecule has 1 saturated heterocycles. The zero-order valence-electron chi connectivity index (χ0n) is 22.1. The smallest absolute Gasteiger partial charge is 0.170 e. The molecule has 2 atom stereocenters. The maximum atomic E-state index is 5.91. The summed E-state index contributed by atoms with van der Waals surface area (Å²) in [6, 6.07) is 27.9. The summed E-state index contributed by atoms with van der Waals surface area (Å²) < 4.78 is 2.36. The van der Waals surface area contributed by atoms with E-state index in [-0.39, 0.29) is 12.1 Å². The highest BCUT2D eigenvalue weighted by Crippen LogP contribution is 2.42. The molecule has 1 aliphatic heterocycles. The van der Waals surface area contributed by atoms with Gasteiger partial charge in [-0.1, -0.05) is 36.4 Å². The Balaban J connectivity index is 1.56. The molecule has 5 rings (SSSR count). The lowest BCUT2D eigenvalue weighted by Crippen LogP contribution is -2.29. The van der Waals surface area contributed by atoms with Crippen molar-refractivity contribution in [3.05, 3.63) is 113 Å². The summed E-state index contributed by atoms with van der Waals surface area (Å²) in [5.41, 5.74) is 8.37. The van der Waals surface area contributed by atoms with Crippen LogP contribution in [0.4, 0.5) is 5.69 Å². The molecule has 0 unspecified atom stereocenters. The number of rotatable bonds is 8. The fraction of sp³-hybridized carbons (Fsp3) is 0.290. The first-order valence-electron chi connectivity index (χ1n) is 13.1. The SMILES string of the molecule is CCN(CC)c1ccc(-n2c(C)cc([C@H]3[C@H](c4ccccn4)NC(=S)N3Cc3ccccc3)c2C)cc1. The molecule has 190 valence electrons. The Labute approximate surface area is 225 Å². The molecule has 0 saturated carbocycles. The number of aryl methyl sites for hydroxylation is 1.